The Hall–Kier alpha value is -2.90. The predicted octanol–water partition coefficient (Wildman–Crippen LogP) is 2.96. The van der Waals surface area contributed by atoms with Gasteiger partial charge in [0.05, 0.1) is 0 Å². The molecule has 1 fully saturated rings. The van der Waals surface area contributed by atoms with Gasteiger partial charge in [0.1, 0.15) is 0 Å². The molecule has 4 rings (SSSR count). The van der Waals surface area contributed by atoms with Crippen molar-refractivity contribution in [2.75, 3.05) is 62.6 Å². The van der Waals surface area contributed by atoms with E-state index in [1.54, 1.807) is 4.90 Å². The molecule has 0 bridgehead atoms. The number of carbonyl (C=O) groups excluding carboxylic acids is 2. The molecule has 2 aliphatic heterocycles. The van der Waals surface area contributed by atoms with E-state index in [4.69, 9.17) is 0 Å². The van der Waals surface area contributed by atoms with Gasteiger partial charge in [0.15, 0.2) is 0 Å². The molecule has 0 saturated carbocycles. The van der Waals surface area contributed by atoms with Crippen molar-refractivity contribution in [1.29, 1.82) is 0 Å². The molecule has 0 aliphatic carbocycles. The third-order valence-electron chi connectivity index (χ3n) is 6.45. The van der Waals surface area contributed by atoms with E-state index in [1.807, 2.05) is 49.4 Å². The number of carbonyl (C=O) groups is 2. The van der Waals surface area contributed by atoms with E-state index in [0.29, 0.717) is 25.1 Å². The molecular weight excluding hydrogens is 402 g/mol. The summed E-state index contributed by atoms with van der Waals surface area (Å²) >= 11 is 0. The van der Waals surface area contributed by atoms with E-state index in [1.165, 1.54) is 0 Å². The number of aryl methyl sites for hydroxylation is 1. The van der Waals surface area contributed by atoms with Gasteiger partial charge in [-0.15, -0.1) is 0 Å². The number of piperazine rings is 1. The largest absolute Gasteiger partial charge is 0.351 e. The highest BCUT2D eigenvalue weighted by molar-refractivity contribution is 6.05. The Bertz CT molecular complexity index is 951. The molecule has 2 heterocycles. The highest BCUT2D eigenvalue weighted by Crippen LogP contribution is 2.31. The minimum Gasteiger partial charge on any atom is -0.351 e. The minimum atomic E-state index is -0.170. The molecule has 0 radical (unpaired) electrons. The van der Waals surface area contributed by atoms with Crippen LogP contribution in [0.2, 0.25) is 0 Å². The molecule has 0 aromatic heterocycles. The fourth-order valence-corrected chi connectivity index (χ4v) is 4.44. The van der Waals surface area contributed by atoms with Crippen LogP contribution in [-0.2, 0) is 6.42 Å². The van der Waals surface area contributed by atoms with Gasteiger partial charge in [0.2, 0.25) is 0 Å². The number of rotatable bonds is 6. The highest BCUT2D eigenvalue weighted by Gasteiger charge is 2.28. The second-order valence-electron chi connectivity index (χ2n) is 8.53. The summed E-state index contributed by atoms with van der Waals surface area (Å²) in [5, 5.41) is 6.03. The first-order chi connectivity index (χ1) is 15.5. The zero-order valence-electron chi connectivity index (χ0n) is 19.1. The van der Waals surface area contributed by atoms with Crippen LogP contribution < -0.4 is 15.5 Å². The zero-order chi connectivity index (χ0) is 22.5. The lowest BCUT2D eigenvalue weighted by atomic mass is 10.0. The van der Waals surface area contributed by atoms with E-state index in [2.05, 4.69) is 27.4 Å². The van der Waals surface area contributed by atoms with Gasteiger partial charge in [0.25, 0.3) is 5.91 Å². The predicted molar refractivity (Wildman–Crippen MR) is 129 cm³/mol. The Morgan fingerprint density at radius 3 is 2.38 bits per heavy atom. The van der Waals surface area contributed by atoms with Crippen molar-refractivity contribution in [1.82, 2.24) is 15.1 Å². The Morgan fingerprint density at radius 2 is 1.66 bits per heavy atom. The first kappa shape index (κ1) is 22.3. The molecule has 7 heteroatoms. The molecule has 0 atom stereocenters. The van der Waals surface area contributed by atoms with Crippen LogP contribution in [-0.4, -0.2) is 74.1 Å². The van der Waals surface area contributed by atoms with E-state index < -0.39 is 0 Å². The van der Waals surface area contributed by atoms with Gasteiger partial charge in [-0.25, -0.2) is 4.79 Å². The lowest BCUT2D eigenvalue weighted by molar-refractivity contribution is 0.0937. The Labute approximate surface area is 190 Å². The maximum atomic E-state index is 12.9. The quantitative estimate of drug-likeness (QED) is 0.732. The van der Waals surface area contributed by atoms with E-state index >= 15 is 0 Å². The Kier molecular flexibility index (Phi) is 7.07. The summed E-state index contributed by atoms with van der Waals surface area (Å²) in [7, 11) is 0. The molecule has 2 aromatic carbocycles. The Morgan fingerprint density at radius 1 is 0.938 bits per heavy atom. The minimum absolute atomic E-state index is 0.0603. The Balaban J connectivity index is 1.34. The van der Waals surface area contributed by atoms with E-state index in [-0.39, 0.29) is 11.9 Å². The molecule has 7 nitrogen and oxygen atoms in total. The molecule has 1 saturated heterocycles. The van der Waals surface area contributed by atoms with Crippen LogP contribution in [0.4, 0.5) is 16.2 Å². The first-order valence-corrected chi connectivity index (χ1v) is 11.5. The summed E-state index contributed by atoms with van der Waals surface area (Å²) in [6.07, 6.45) is 0.680. The lowest BCUT2D eigenvalue weighted by Gasteiger charge is -2.33. The number of fused-ring (bicyclic) bond motifs is 1. The molecule has 170 valence electrons. The average Bonchev–Trinajstić information content (AvgIpc) is 3.25. The van der Waals surface area contributed by atoms with Gasteiger partial charge >= 0.3 is 6.03 Å². The second-order valence-corrected chi connectivity index (χ2v) is 8.53. The molecule has 0 spiro atoms. The summed E-state index contributed by atoms with van der Waals surface area (Å²) in [6, 6.07) is 13.2. The number of hydrogen-bond acceptors (Lipinski definition) is 4. The fourth-order valence-electron chi connectivity index (χ4n) is 4.44. The van der Waals surface area contributed by atoms with Gasteiger partial charge in [-0.05, 0) is 49.7 Å². The number of hydrogen-bond donors (Lipinski definition) is 2. The number of benzene rings is 2. The third kappa shape index (κ3) is 5.11. The van der Waals surface area contributed by atoms with Gasteiger partial charge in [0, 0.05) is 62.8 Å². The smallest absolute Gasteiger partial charge is 0.326 e. The SMILES string of the molecule is CCN1CCN(CCNC(=O)c2cccc3c2CCN3C(=O)Nc2ccc(C)cc2)CC1. The van der Waals surface area contributed by atoms with Crippen LogP contribution in [0, 0.1) is 6.92 Å². The van der Waals surface area contributed by atoms with Crippen molar-refractivity contribution in [3.05, 3.63) is 59.2 Å². The molecule has 0 unspecified atom stereocenters. The van der Waals surface area contributed by atoms with Crippen molar-refractivity contribution in [2.24, 2.45) is 0 Å². The molecular formula is C25H33N5O2. The van der Waals surface area contributed by atoms with Crippen LogP contribution in [0.25, 0.3) is 0 Å². The molecule has 3 amide bonds. The number of nitrogens with one attached hydrogen (secondary N) is 2. The molecule has 2 N–H and O–H groups in total. The number of likely N-dealkylation sites (N-methyl/N-ethyl adjacent to an activating group) is 1. The highest BCUT2D eigenvalue weighted by atomic mass is 16.2. The van der Waals surface area contributed by atoms with Crippen molar-refractivity contribution in [2.45, 2.75) is 20.3 Å². The summed E-state index contributed by atoms with van der Waals surface area (Å²) in [4.78, 5) is 32.3. The number of urea groups is 1. The van der Waals surface area contributed by atoms with Gasteiger partial charge in [-0.3, -0.25) is 14.6 Å². The number of amides is 3. The molecule has 2 aromatic rings. The summed E-state index contributed by atoms with van der Waals surface area (Å²) < 4.78 is 0. The lowest BCUT2D eigenvalue weighted by Crippen LogP contribution is -2.48. The number of anilines is 2. The van der Waals surface area contributed by atoms with Crippen molar-refractivity contribution in [3.63, 3.8) is 0 Å². The summed E-state index contributed by atoms with van der Waals surface area (Å²) in [6.45, 7) is 11.7. The van der Waals surface area contributed by atoms with Crippen LogP contribution in [0.3, 0.4) is 0 Å². The van der Waals surface area contributed by atoms with Crippen LogP contribution in [0.5, 0.6) is 0 Å². The fraction of sp³-hybridized carbons (Fsp3) is 0.440. The zero-order valence-corrected chi connectivity index (χ0v) is 19.1. The number of nitrogens with zero attached hydrogens (tertiary/aromatic N) is 3. The summed E-state index contributed by atoms with van der Waals surface area (Å²) in [5.41, 5.74) is 4.35. The van der Waals surface area contributed by atoms with Crippen molar-refractivity contribution in [3.8, 4) is 0 Å². The topological polar surface area (TPSA) is 67.9 Å². The maximum Gasteiger partial charge on any atom is 0.326 e. The maximum absolute atomic E-state index is 12.9. The van der Waals surface area contributed by atoms with Crippen molar-refractivity contribution >= 4 is 23.3 Å². The van der Waals surface area contributed by atoms with Crippen LogP contribution in [0.1, 0.15) is 28.4 Å². The molecule has 32 heavy (non-hydrogen) atoms. The van der Waals surface area contributed by atoms with Crippen molar-refractivity contribution < 1.29 is 9.59 Å². The normalized spacial score (nSPS) is 16.6. The van der Waals surface area contributed by atoms with Gasteiger partial charge in [-0.1, -0.05) is 30.7 Å². The monoisotopic (exact) mass is 435 g/mol. The van der Waals surface area contributed by atoms with Crippen LogP contribution >= 0.6 is 0 Å². The average molecular weight is 436 g/mol. The van der Waals surface area contributed by atoms with Gasteiger partial charge < -0.3 is 15.5 Å². The summed E-state index contributed by atoms with van der Waals surface area (Å²) in [5.74, 6) is -0.0603. The molecule has 2 aliphatic rings. The van der Waals surface area contributed by atoms with Gasteiger partial charge in [-0.2, -0.15) is 0 Å². The third-order valence-corrected chi connectivity index (χ3v) is 6.45. The van der Waals surface area contributed by atoms with E-state index in [0.717, 1.165) is 61.8 Å². The standard InChI is InChI=1S/C25H33N5O2/c1-3-28-15-17-29(18-16-28)14-12-26-24(31)22-5-4-6-23-21(22)11-13-30(23)25(32)27-20-9-7-19(2)8-10-20/h4-10H,3,11-18H2,1-2H3,(H,26,31)(H,27,32). The van der Waals surface area contributed by atoms with Crippen LogP contribution in [0.15, 0.2) is 42.5 Å². The first-order valence-electron chi connectivity index (χ1n) is 11.5. The van der Waals surface area contributed by atoms with E-state index in [9.17, 15) is 9.59 Å². The second kappa shape index (κ2) is 10.1.